The van der Waals surface area contributed by atoms with Crippen molar-refractivity contribution < 1.29 is 0 Å². The van der Waals surface area contributed by atoms with E-state index >= 15 is 0 Å². The molecule has 0 bridgehead atoms. The zero-order chi connectivity index (χ0) is 20.4. The molecule has 0 fully saturated rings. The number of hydrogen-bond donors (Lipinski definition) is 0. The highest BCUT2D eigenvalue weighted by Gasteiger charge is 2.26. The summed E-state index contributed by atoms with van der Waals surface area (Å²) in [5.41, 5.74) is 2.34. The van der Waals surface area contributed by atoms with Gasteiger partial charge in [0.1, 0.15) is 0 Å². The molecule has 0 spiro atoms. The first-order valence-corrected chi connectivity index (χ1v) is 12.7. The van der Waals surface area contributed by atoms with Gasteiger partial charge in [-0.2, -0.15) is 0 Å². The predicted molar refractivity (Wildman–Crippen MR) is 133 cm³/mol. The lowest BCUT2D eigenvalue weighted by Crippen LogP contribution is -2.25. The monoisotopic (exact) mass is 421 g/mol. The van der Waals surface area contributed by atoms with E-state index in [1.54, 1.807) is 0 Å². The van der Waals surface area contributed by atoms with Gasteiger partial charge >= 0.3 is 0 Å². The van der Waals surface area contributed by atoms with Gasteiger partial charge in [0.05, 0.1) is 0 Å². The highest BCUT2D eigenvalue weighted by molar-refractivity contribution is 8.25. The van der Waals surface area contributed by atoms with Crippen LogP contribution in [0.15, 0.2) is 122 Å². The summed E-state index contributed by atoms with van der Waals surface area (Å²) in [6.07, 6.45) is 3.65. The Labute approximate surface area is 182 Å². The number of hydrogen-bond acceptors (Lipinski definition) is 2. The Morgan fingerprint density at radius 3 is 1.90 bits per heavy atom. The molecule has 0 saturated heterocycles. The summed E-state index contributed by atoms with van der Waals surface area (Å²) in [7, 11) is 0. The van der Waals surface area contributed by atoms with Crippen molar-refractivity contribution in [1.29, 1.82) is 0 Å². The Balaban J connectivity index is 1.73. The fraction of sp³-hybridized carbons (Fsp3) is 0. The van der Waals surface area contributed by atoms with Crippen LogP contribution in [0.3, 0.4) is 0 Å². The van der Waals surface area contributed by atoms with Gasteiger partial charge in [0.25, 0.3) is 0 Å². The number of aromatic nitrogens is 1. The summed E-state index contributed by atoms with van der Waals surface area (Å²) < 4.78 is 0. The first kappa shape index (κ1) is 18.9. The molecule has 0 aliphatic rings. The van der Waals surface area contributed by atoms with Gasteiger partial charge in [-0.3, -0.25) is 4.98 Å². The third kappa shape index (κ3) is 3.29. The molecule has 1 aromatic heterocycles. The third-order valence-electron chi connectivity index (χ3n) is 5.47. The molecule has 1 nitrogen and oxygen atoms in total. The fourth-order valence-corrected chi connectivity index (χ4v) is 8.02. The van der Waals surface area contributed by atoms with Crippen molar-refractivity contribution in [1.82, 2.24) is 4.98 Å². The van der Waals surface area contributed by atoms with Gasteiger partial charge in [-0.1, -0.05) is 109 Å². The Morgan fingerprint density at radius 1 is 0.533 bits per heavy atom. The minimum Gasteiger partial charge on any atom is -0.265 e. The minimum absolute atomic E-state index is 1.16. The van der Waals surface area contributed by atoms with Crippen LogP contribution in [0.5, 0.6) is 0 Å². The maximum atomic E-state index is 6.59. The number of fused-ring (bicyclic) bond motifs is 1. The van der Waals surface area contributed by atoms with E-state index in [2.05, 4.69) is 102 Å². The molecule has 0 radical (unpaired) electrons. The Morgan fingerprint density at radius 2 is 1.13 bits per heavy atom. The van der Waals surface area contributed by atoms with E-state index < -0.39 is 6.04 Å². The number of nitrogens with zero attached hydrogens (tertiary/aromatic N) is 1. The molecule has 0 N–H and O–H groups in total. The van der Waals surface area contributed by atoms with E-state index in [1.807, 2.05) is 24.5 Å². The first-order valence-electron chi connectivity index (χ1n) is 9.92. The summed E-state index contributed by atoms with van der Waals surface area (Å²) in [5, 5.41) is 6.14. The topological polar surface area (TPSA) is 12.9 Å². The van der Waals surface area contributed by atoms with Crippen molar-refractivity contribution in [2.45, 2.75) is 0 Å². The summed E-state index contributed by atoms with van der Waals surface area (Å²) >= 11 is 6.59. The lowest BCUT2D eigenvalue weighted by Gasteiger charge is -2.26. The standard InChI is InChI=1S/C27H20NPS/c30-29(24-9-2-1-3-10-24,27-12-6-8-23-7-4-5-11-26(23)27)25-15-13-21(14-16-25)22-17-19-28-20-18-22/h1-20H. The molecule has 5 rings (SSSR count). The van der Waals surface area contributed by atoms with Crippen LogP contribution in [0.1, 0.15) is 0 Å². The van der Waals surface area contributed by atoms with E-state index in [0.29, 0.717) is 0 Å². The summed E-state index contributed by atoms with van der Waals surface area (Å²) in [6, 6.07) is 36.3. The van der Waals surface area contributed by atoms with Crippen LogP contribution < -0.4 is 15.9 Å². The van der Waals surface area contributed by atoms with Crippen molar-refractivity contribution in [3.63, 3.8) is 0 Å². The molecule has 1 unspecified atom stereocenters. The molecule has 0 saturated carbocycles. The maximum absolute atomic E-state index is 6.59. The Hall–Kier alpha value is -3.06. The van der Waals surface area contributed by atoms with Gasteiger partial charge in [0.2, 0.25) is 0 Å². The molecular weight excluding hydrogens is 401 g/mol. The minimum atomic E-state index is -2.21. The van der Waals surface area contributed by atoms with E-state index in [4.69, 9.17) is 11.8 Å². The van der Waals surface area contributed by atoms with E-state index in [9.17, 15) is 0 Å². The van der Waals surface area contributed by atoms with Gasteiger partial charge in [-0.15, -0.1) is 0 Å². The summed E-state index contributed by atoms with van der Waals surface area (Å²) in [6.45, 7) is 0. The van der Waals surface area contributed by atoms with Crippen molar-refractivity contribution >= 4 is 44.5 Å². The number of benzene rings is 4. The van der Waals surface area contributed by atoms with Crippen LogP contribution in [-0.4, -0.2) is 4.98 Å². The molecule has 0 aliphatic carbocycles. The second-order valence-electron chi connectivity index (χ2n) is 7.23. The van der Waals surface area contributed by atoms with Crippen molar-refractivity contribution in [3.05, 3.63) is 122 Å². The quantitative estimate of drug-likeness (QED) is 0.348. The van der Waals surface area contributed by atoms with Crippen LogP contribution in [0.25, 0.3) is 21.9 Å². The van der Waals surface area contributed by atoms with Gasteiger partial charge < -0.3 is 0 Å². The smallest absolute Gasteiger partial charge is 0.0385 e. The van der Waals surface area contributed by atoms with Crippen LogP contribution in [-0.2, 0) is 11.8 Å². The molecule has 1 atom stereocenters. The van der Waals surface area contributed by atoms with Crippen LogP contribution >= 0.6 is 6.04 Å². The van der Waals surface area contributed by atoms with E-state index in [0.717, 1.165) is 5.56 Å². The molecule has 144 valence electrons. The molecule has 3 heteroatoms. The number of pyridine rings is 1. The normalized spacial score (nSPS) is 13.1. The largest absolute Gasteiger partial charge is 0.265 e. The zero-order valence-corrected chi connectivity index (χ0v) is 18.1. The highest BCUT2D eigenvalue weighted by Crippen LogP contribution is 2.45. The van der Waals surface area contributed by atoms with Crippen LogP contribution in [0.2, 0.25) is 0 Å². The van der Waals surface area contributed by atoms with Crippen LogP contribution in [0.4, 0.5) is 0 Å². The second kappa shape index (κ2) is 7.99. The van der Waals surface area contributed by atoms with Gasteiger partial charge in [0, 0.05) is 23.7 Å². The second-order valence-corrected chi connectivity index (χ2v) is 11.6. The Bertz CT molecular complexity index is 1340. The number of rotatable bonds is 4. The predicted octanol–water partition coefficient (Wildman–Crippen LogP) is 5.66. The van der Waals surface area contributed by atoms with Crippen molar-refractivity contribution in [2.24, 2.45) is 0 Å². The lowest BCUT2D eigenvalue weighted by molar-refractivity contribution is 1.33. The van der Waals surface area contributed by atoms with E-state index in [1.165, 1.54) is 32.2 Å². The SMILES string of the molecule is S=P(c1ccccc1)(c1ccc(-c2ccncc2)cc1)c1cccc2ccccc12. The van der Waals surface area contributed by atoms with Crippen LogP contribution in [0, 0.1) is 0 Å². The molecule has 0 amide bonds. The highest BCUT2D eigenvalue weighted by atomic mass is 32.4. The average Bonchev–Trinajstić information content (AvgIpc) is 2.84. The molecule has 4 aromatic carbocycles. The maximum Gasteiger partial charge on any atom is 0.0385 e. The lowest BCUT2D eigenvalue weighted by atomic mass is 10.1. The molecular formula is C27H20NPS. The molecule has 30 heavy (non-hydrogen) atoms. The van der Waals surface area contributed by atoms with Gasteiger partial charge in [-0.25, -0.2) is 0 Å². The fourth-order valence-electron chi connectivity index (χ4n) is 3.96. The molecule has 0 aliphatic heterocycles. The third-order valence-corrected chi connectivity index (χ3v) is 10.4. The summed E-state index contributed by atoms with van der Waals surface area (Å²) in [5.74, 6) is 0. The molecule has 5 aromatic rings. The first-order chi connectivity index (χ1) is 14.8. The summed E-state index contributed by atoms with van der Waals surface area (Å²) in [4.78, 5) is 4.12. The Kier molecular flexibility index (Phi) is 5.04. The van der Waals surface area contributed by atoms with Crippen molar-refractivity contribution in [3.8, 4) is 11.1 Å². The molecule has 1 heterocycles. The zero-order valence-electron chi connectivity index (χ0n) is 16.3. The average molecular weight is 422 g/mol. The van der Waals surface area contributed by atoms with Crippen molar-refractivity contribution in [2.75, 3.05) is 0 Å². The van der Waals surface area contributed by atoms with Gasteiger partial charge in [-0.05, 0) is 44.6 Å². The van der Waals surface area contributed by atoms with E-state index in [-0.39, 0.29) is 0 Å². The van der Waals surface area contributed by atoms with Gasteiger partial charge in [0.15, 0.2) is 0 Å².